The molecule has 10 heteroatoms. The Morgan fingerprint density at radius 3 is 2.53 bits per heavy atom. The number of rotatable bonds is 6. The number of Topliss-reactive ketones (excluding diaryl/α,β-unsaturated/α-hetero) is 1. The average molecular weight is 530 g/mol. The van der Waals surface area contributed by atoms with Crippen LogP contribution in [0, 0.1) is 11.3 Å². The van der Waals surface area contributed by atoms with Crippen molar-refractivity contribution in [1.29, 1.82) is 5.26 Å². The minimum Gasteiger partial charge on any atom is -0.494 e. The molecule has 0 saturated carbocycles. The van der Waals surface area contributed by atoms with Crippen LogP contribution in [0.25, 0.3) is 27.7 Å². The van der Waals surface area contributed by atoms with Crippen LogP contribution in [0.1, 0.15) is 35.1 Å². The van der Waals surface area contributed by atoms with Crippen LogP contribution in [-0.2, 0) is 4.79 Å². The smallest absolute Gasteiger partial charge is 0.238 e. The van der Waals surface area contributed by atoms with Gasteiger partial charge in [0.15, 0.2) is 5.78 Å². The van der Waals surface area contributed by atoms with Gasteiger partial charge in [-0.25, -0.2) is 9.97 Å². The second-order valence-corrected chi connectivity index (χ2v) is 9.34. The number of H-pyrrole nitrogens is 1. The van der Waals surface area contributed by atoms with E-state index in [1.165, 1.54) is 25.4 Å². The van der Waals surface area contributed by atoms with E-state index >= 15 is 0 Å². The van der Waals surface area contributed by atoms with Crippen molar-refractivity contribution in [1.82, 2.24) is 19.9 Å². The molecule has 0 aliphatic carbocycles. The van der Waals surface area contributed by atoms with Crippen molar-refractivity contribution in [3.63, 3.8) is 0 Å². The number of nitrogens with one attached hydrogen (secondary N) is 1. The number of carbonyl (C=O) groups excluding carboxylic acids is 2. The number of benzene rings is 1. The molecule has 1 N–H and O–H groups in total. The largest absolute Gasteiger partial charge is 0.494 e. The van der Waals surface area contributed by atoms with Crippen LogP contribution in [-0.4, -0.2) is 59.4 Å². The fourth-order valence-corrected chi connectivity index (χ4v) is 5.11. The Morgan fingerprint density at radius 1 is 1.18 bits per heavy atom. The summed E-state index contributed by atoms with van der Waals surface area (Å²) in [7, 11) is 3.07. The van der Waals surface area contributed by atoms with E-state index < -0.39 is 0 Å². The lowest BCUT2D eigenvalue weighted by Gasteiger charge is -2.24. The number of piperidine rings is 1. The number of nitrogens with zero attached hydrogens (tertiary/aromatic N) is 4. The number of amides is 1. The van der Waals surface area contributed by atoms with Gasteiger partial charge >= 0.3 is 0 Å². The second-order valence-electron chi connectivity index (χ2n) is 8.48. The third-order valence-electron chi connectivity index (χ3n) is 6.24. The summed E-state index contributed by atoms with van der Waals surface area (Å²) in [4.78, 5) is 35.6. The molecule has 38 heavy (non-hydrogen) atoms. The minimum absolute atomic E-state index is 0.0298. The molecule has 1 amide bonds. The summed E-state index contributed by atoms with van der Waals surface area (Å²) in [5.41, 5.74) is 4.99. The van der Waals surface area contributed by atoms with Crippen molar-refractivity contribution in [3.8, 4) is 29.0 Å². The first kappa shape index (κ1) is 26.6. The van der Waals surface area contributed by atoms with Gasteiger partial charge in [0.2, 0.25) is 12.3 Å². The first-order chi connectivity index (χ1) is 18.5. The number of allylic oxidation sites excluding steroid dienone is 1. The van der Waals surface area contributed by atoms with Gasteiger partial charge in [0, 0.05) is 35.8 Å². The van der Waals surface area contributed by atoms with Gasteiger partial charge in [-0.15, -0.1) is 11.3 Å². The lowest BCUT2D eigenvalue weighted by Crippen LogP contribution is -2.29. The highest BCUT2D eigenvalue weighted by Crippen LogP contribution is 2.33. The SMILES string of the molecule is COc1ncc(OC)c2c(C(C)=O)c[nH]c12.N#CC(=C1CCN(C=O)CC1)c1nc(-c2ccccc2)cs1. The van der Waals surface area contributed by atoms with Crippen molar-refractivity contribution in [2.24, 2.45) is 0 Å². The standard InChI is InChI=1S/C17H15N3OS.C11H12N2O3/c18-10-15(13-6-8-20(12-21)9-7-13)17-19-16(11-22-17)14-4-2-1-3-5-14;1-6(14)7-4-12-10-9(7)8(15-2)5-13-11(10)16-3/h1-5,11-12H,6-9H2;4-5,12H,1-3H3. The molecule has 4 heterocycles. The number of ether oxygens (including phenoxy) is 2. The number of nitriles is 1. The Hall–Kier alpha value is -4.49. The van der Waals surface area contributed by atoms with E-state index in [2.05, 4.69) is 21.0 Å². The lowest BCUT2D eigenvalue weighted by atomic mass is 9.99. The molecule has 0 bridgehead atoms. The molecule has 0 atom stereocenters. The molecule has 1 aromatic carbocycles. The predicted octanol–water partition coefficient (Wildman–Crippen LogP) is 5.12. The van der Waals surface area contributed by atoms with Gasteiger partial charge in [-0.1, -0.05) is 30.3 Å². The van der Waals surface area contributed by atoms with Crippen LogP contribution >= 0.6 is 11.3 Å². The summed E-state index contributed by atoms with van der Waals surface area (Å²) in [6.07, 6.45) is 5.56. The molecule has 1 saturated heterocycles. The fourth-order valence-electron chi connectivity index (χ4n) is 4.24. The number of hydrogen-bond acceptors (Lipinski definition) is 8. The highest BCUT2D eigenvalue weighted by atomic mass is 32.1. The molecule has 0 unspecified atom stereocenters. The van der Waals surface area contributed by atoms with E-state index in [1.54, 1.807) is 24.4 Å². The number of thiazole rings is 1. The van der Waals surface area contributed by atoms with Gasteiger partial charge in [-0.2, -0.15) is 5.26 Å². The van der Waals surface area contributed by atoms with Gasteiger partial charge in [-0.3, -0.25) is 9.59 Å². The zero-order valence-corrected chi connectivity index (χ0v) is 22.2. The molecule has 194 valence electrons. The first-order valence-electron chi connectivity index (χ1n) is 11.9. The molecule has 0 spiro atoms. The molecule has 1 fully saturated rings. The molecular formula is C28H27N5O4S. The van der Waals surface area contributed by atoms with Crippen molar-refractivity contribution in [2.45, 2.75) is 19.8 Å². The van der Waals surface area contributed by atoms with E-state index in [0.717, 1.165) is 41.1 Å². The van der Waals surface area contributed by atoms with E-state index in [1.807, 2.05) is 35.7 Å². The third kappa shape index (κ3) is 5.58. The Labute approximate surface area is 224 Å². The Bertz CT molecular complexity index is 1510. The quantitative estimate of drug-likeness (QED) is 0.209. The molecule has 0 radical (unpaired) electrons. The number of fused-ring (bicyclic) bond motifs is 1. The fraction of sp³-hybridized carbons (Fsp3) is 0.250. The Kier molecular flexibility index (Phi) is 8.51. The normalized spacial score (nSPS) is 12.8. The van der Waals surface area contributed by atoms with Gasteiger partial charge in [0.05, 0.1) is 37.1 Å². The first-order valence-corrected chi connectivity index (χ1v) is 12.8. The van der Waals surface area contributed by atoms with Crippen LogP contribution in [0.15, 0.2) is 53.7 Å². The summed E-state index contributed by atoms with van der Waals surface area (Å²) in [5, 5.41) is 13.0. The molecule has 9 nitrogen and oxygen atoms in total. The van der Waals surface area contributed by atoms with Crippen LogP contribution in [0.4, 0.5) is 0 Å². The maximum absolute atomic E-state index is 11.5. The zero-order chi connectivity index (χ0) is 27.1. The van der Waals surface area contributed by atoms with Crippen LogP contribution < -0.4 is 9.47 Å². The number of aromatic nitrogens is 3. The van der Waals surface area contributed by atoms with Gasteiger partial charge < -0.3 is 19.4 Å². The van der Waals surface area contributed by atoms with Crippen molar-refractivity contribution in [3.05, 3.63) is 64.2 Å². The Morgan fingerprint density at radius 2 is 1.92 bits per heavy atom. The average Bonchev–Trinajstić information content (AvgIpc) is 3.63. The number of pyridine rings is 1. The van der Waals surface area contributed by atoms with Gasteiger partial charge in [0.25, 0.3) is 0 Å². The molecular weight excluding hydrogens is 502 g/mol. The second kappa shape index (κ2) is 12.2. The van der Waals surface area contributed by atoms with E-state index in [-0.39, 0.29) is 5.78 Å². The summed E-state index contributed by atoms with van der Waals surface area (Å²) < 4.78 is 10.3. The molecule has 5 rings (SSSR count). The summed E-state index contributed by atoms with van der Waals surface area (Å²) in [5.74, 6) is 0.975. The topological polar surface area (TPSA) is 121 Å². The summed E-state index contributed by atoms with van der Waals surface area (Å²) in [6, 6.07) is 12.3. The van der Waals surface area contributed by atoms with Crippen LogP contribution in [0.3, 0.4) is 0 Å². The minimum atomic E-state index is -0.0298. The van der Waals surface area contributed by atoms with E-state index in [9.17, 15) is 14.9 Å². The van der Waals surface area contributed by atoms with Crippen LogP contribution in [0.2, 0.25) is 0 Å². The Balaban J connectivity index is 0.000000186. The third-order valence-corrected chi connectivity index (χ3v) is 7.10. The van der Waals surface area contributed by atoms with Crippen molar-refractivity contribution in [2.75, 3.05) is 27.3 Å². The molecule has 3 aromatic heterocycles. The van der Waals surface area contributed by atoms with Gasteiger partial charge in [0.1, 0.15) is 22.3 Å². The highest BCUT2D eigenvalue weighted by Gasteiger charge is 2.19. The lowest BCUT2D eigenvalue weighted by molar-refractivity contribution is -0.118. The number of aromatic amines is 1. The van der Waals surface area contributed by atoms with E-state index in [4.69, 9.17) is 9.47 Å². The predicted molar refractivity (Wildman–Crippen MR) is 146 cm³/mol. The zero-order valence-electron chi connectivity index (χ0n) is 21.4. The monoisotopic (exact) mass is 529 g/mol. The van der Waals surface area contributed by atoms with Gasteiger partial charge in [-0.05, 0) is 25.3 Å². The summed E-state index contributed by atoms with van der Waals surface area (Å²) in [6.45, 7) is 2.87. The van der Waals surface area contributed by atoms with Crippen molar-refractivity contribution < 1.29 is 19.1 Å². The maximum atomic E-state index is 11.5. The molecule has 4 aromatic rings. The van der Waals surface area contributed by atoms with E-state index in [0.29, 0.717) is 46.8 Å². The van der Waals surface area contributed by atoms with Crippen molar-refractivity contribution >= 4 is 40.0 Å². The number of carbonyl (C=O) groups is 2. The summed E-state index contributed by atoms with van der Waals surface area (Å²) >= 11 is 1.50. The number of methoxy groups -OCH3 is 2. The number of hydrogen-bond donors (Lipinski definition) is 1. The molecule has 1 aliphatic heterocycles. The molecule has 1 aliphatic rings. The maximum Gasteiger partial charge on any atom is 0.238 e. The number of likely N-dealkylation sites (tertiary alicyclic amines) is 1. The highest BCUT2D eigenvalue weighted by molar-refractivity contribution is 7.11. The number of ketones is 1. The van der Waals surface area contributed by atoms with Crippen LogP contribution in [0.5, 0.6) is 11.6 Å².